The third kappa shape index (κ3) is 3.32. The second-order valence-electron chi connectivity index (χ2n) is 5.58. The number of carbonyl (C=O) groups excluding carboxylic acids is 1. The highest BCUT2D eigenvalue weighted by atomic mass is 35.5. The van der Waals surface area contributed by atoms with Gasteiger partial charge in [0.1, 0.15) is 0 Å². The van der Waals surface area contributed by atoms with Gasteiger partial charge in [-0.3, -0.25) is 4.79 Å². The number of halogens is 1. The molecule has 1 amide bonds. The van der Waals surface area contributed by atoms with E-state index in [2.05, 4.69) is 22.5 Å². The van der Waals surface area contributed by atoms with E-state index in [1.54, 1.807) is 11.3 Å². The van der Waals surface area contributed by atoms with Gasteiger partial charge >= 0.3 is 0 Å². The minimum atomic E-state index is -0.0259. The van der Waals surface area contributed by atoms with Crippen LogP contribution in [0.1, 0.15) is 43.9 Å². The number of amides is 1. The summed E-state index contributed by atoms with van der Waals surface area (Å²) in [7, 11) is 0. The Labute approximate surface area is 130 Å². The molecule has 0 radical (unpaired) electrons. The lowest BCUT2D eigenvalue weighted by atomic mass is 9.85. The molecule has 1 aliphatic carbocycles. The van der Waals surface area contributed by atoms with E-state index in [1.807, 2.05) is 6.20 Å². The fourth-order valence-electron chi connectivity index (χ4n) is 3.24. The molecule has 6 heteroatoms. The number of fused-ring (bicyclic) bond motifs is 1. The molecule has 112 valence electrons. The van der Waals surface area contributed by atoms with Gasteiger partial charge in [-0.25, -0.2) is 4.98 Å². The molecule has 4 nitrogen and oxygen atoms in total. The van der Waals surface area contributed by atoms with Crippen molar-refractivity contribution in [2.24, 2.45) is 5.92 Å². The van der Waals surface area contributed by atoms with Crippen LogP contribution in [0.5, 0.6) is 0 Å². The van der Waals surface area contributed by atoms with Crippen LogP contribution >= 0.6 is 23.7 Å². The quantitative estimate of drug-likeness (QED) is 0.901. The number of rotatable bonds is 3. The number of nitrogens with one attached hydrogen (secondary N) is 2. The van der Waals surface area contributed by atoms with E-state index in [0.717, 1.165) is 18.0 Å². The highest BCUT2D eigenvalue weighted by molar-refractivity contribution is 7.15. The van der Waals surface area contributed by atoms with E-state index in [1.165, 1.54) is 30.6 Å². The number of hydrogen-bond acceptors (Lipinski definition) is 4. The lowest BCUT2D eigenvalue weighted by molar-refractivity contribution is -0.117. The zero-order chi connectivity index (χ0) is 13.2. The molecule has 1 aromatic rings. The highest BCUT2D eigenvalue weighted by Gasteiger charge is 2.38. The van der Waals surface area contributed by atoms with Gasteiger partial charge in [0, 0.05) is 17.1 Å². The van der Waals surface area contributed by atoms with Gasteiger partial charge in [0.2, 0.25) is 5.91 Å². The molecular formula is C14H22ClN3OS. The second kappa shape index (κ2) is 6.87. The zero-order valence-corrected chi connectivity index (χ0v) is 13.4. The van der Waals surface area contributed by atoms with Gasteiger partial charge in [-0.15, -0.1) is 23.7 Å². The third-order valence-corrected chi connectivity index (χ3v) is 5.37. The van der Waals surface area contributed by atoms with Gasteiger partial charge < -0.3 is 10.6 Å². The van der Waals surface area contributed by atoms with Crippen molar-refractivity contribution < 1.29 is 4.79 Å². The molecular weight excluding hydrogens is 294 g/mol. The Hall–Kier alpha value is -0.650. The monoisotopic (exact) mass is 315 g/mol. The Morgan fingerprint density at radius 3 is 3.00 bits per heavy atom. The predicted octanol–water partition coefficient (Wildman–Crippen LogP) is 2.99. The standard InChI is InChI=1S/C14H21N3OS.ClH/c1-2-10-8-15-14(19-10)17-13(18)12-7-9-5-3-4-6-11(9)16-12;/h8-9,11-12,16H,2-7H2,1H3,(H,15,17,18);1H. The Balaban J connectivity index is 0.00000147. The summed E-state index contributed by atoms with van der Waals surface area (Å²) in [5.74, 6) is 0.790. The molecule has 3 atom stereocenters. The number of carbonyl (C=O) groups is 1. The Bertz CT molecular complexity index is 451. The van der Waals surface area contributed by atoms with Crippen molar-refractivity contribution in [2.45, 2.75) is 57.5 Å². The Morgan fingerprint density at radius 1 is 1.50 bits per heavy atom. The molecule has 1 saturated carbocycles. The summed E-state index contributed by atoms with van der Waals surface area (Å²) in [5, 5.41) is 7.19. The van der Waals surface area contributed by atoms with Crippen molar-refractivity contribution in [3.63, 3.8) is 0 Å². The summed E-state index contributed by atoms with van der Waals surface area (Å²) in [6.07, 6.45) is 8.94. The van der Waals surface area contributed by atoms with Crippen LogP contribution < -0.4 is 10.6 Å². The average molecular weight is 316 g/mol. The van der Waals surface area contributed by atoms with Gasteiger partial charge in [0.15, 0.2) is 5.13 Å². The summed E-state index contributed by atoms with van der Waals surface area (Å²) >= 11 is 1.57. The first-order chi connectivity index (χ1) is 9.26. The molecule has 2 heterocycles. The molecule has 20 heavy (non-hydrogen) atoms. The van der Waals surface area contributed by atoms with Crippen molar-refractivity contribution in [3.05, 3.63) is 11.1 Å². The minimum Gasteiger partial charge on any atom is -0.303 e. The Morgan fingerprint density at radius 2 is 2.30 bits per heavy atom. The zero-order valence-electron chi connectivity index (χ0n) is 11.7. The first-order valence-corrected chi connectivity index (χ1v) is 8.09. The van der Waals surface area contributed by atoms with E-state index >= 15 is 0 Å². The predicted molar refractivity (Wildman–Crippen MR) is 84.7 cm³/mol. The van der Waals surface area contributed by atoms with Crippen LogP contribution in [0.3, 0.4) is 0 Å². The van der Waals surface area contributed by atoms with Crippen molar-refractivity contribution >= 4 is 34.8 Å². The van der Waals surface area contributed by atoms with Crippen molar-refractivity contribution in [3.8, 4) is 0 Å². The first kappa shape index (κ1) is 15.7. The topological polar surface area (TPSA) is 54.0 Å². The molecule has 3 unspecified atom stereocenters. The van der Waals surface area contributed by atoms with Crippen molar-refractivity contribution in [1.82, 2.24) is 10.3 Å². The minimum absolute atomic E-state index is 0. The molecule has 2 aliphatic rings. The SMILES string of the molecule is CCc1cnc(NC(=O)C2CC3CCCCC3N2)s1.Cl. The van der Waals surface area contributed by atoms with Gasteiger partial charge in [-0.05, 0) is 31.6 Å². The lowest BCUT2D eigenvalue weighted by Crippen LogP contribution is -2.39. The molecule has 1 aliphatic heterocycles. The number of nitrogens with zero attached hydrogens (tertiary/aromatic N) is 1. The van der Waals surface area contributed by atoms with Gasteiger partial charge in [-0.2, -0.15) is 0 Å². The number of anilines is 1. The summed E-state index contributed by atoms with van der Waals surface area (Å²) in [6.45, 7) is 2.10. The summed E-state index contributed by atoms with van der Waals surface area (Å²) in [4.78, 5) is 17.7. The maximum Gasteiger partial charge on any atom is 0.243 e. The van der Waals surface area contributed by atoms with Crippen LogP contribution in [-0.4, -0.2) is 23.0 Å². The number of thiazole rings is 1. The fourth-order valence-corrected chi connectivity index (χ4v) is 4.00. The van der Waals surface area contributed by atoms with Crippen LogP contribution in [0.25, 0.3) is 0 Å². The van der Waals surface area contributed by atoms with Gasteiger partial charge in [-0.1, -0.05) is 19.8 Å². The maximum absolute atomic E-state index is 12.2. The third-order valence-electron chi connectivity index (χ3n) is 4.31. The van der Waals surface area contributed by atoms with Crippen LogP contribution in [0.15, 0.2) is 6.20 Å². The van der Waals surface area contributed by atoms with Crippen molar-refractivity contribution in [2.75, 3.05) is 5.32 Å². The molecule has 0 spiro atoms. The summed E-state index contributed by atoms with van der Waals surface area (Å²) < 4.78 is 0. The fraction of sp³-hybridized carbons (Fsp3) is 0.714. The molecule has 0 aromatic carbocycles. The number of aryl methyl sites for hydroxylation is 1. The van der Waals surface area contributed by atoms with Crippen LogP contribution in [0.2, 0.25) is 0 Å². The van der Waals surface area contributed by atoms with Crippen LogP contribution in [0.4, 0.5) is 5.13 Å². The molecule has 1 saturated heterocycles. The first-order valence-electron chi connectivity index (χ1n) is 7.28. The van der Waals surface area contributed by atoms with Crippen LogP contribution in [0, 0.1) is 5.92 Å². The smallest absolute Gasteiger partial charge is 0.243 e. The van der Waals surface area contributed by atoms with Crippen LogP contribution in [-0.2, 0) is 11.2 Å². The van der Waals surface area contributed by atoms with Gasteiger partial charge in [0.05, 0.1) is 6.04 Å². The largest absolute Gasteiger partial charge is 0.303 e. The summed E-state index contributed by atoms with van der Waals surface area (Å²) in [5.41, 5.74) is 0. The second-order valence-corrected chi connectivity index (χ2v) is 6.70. The van der Waals surface area contributed by atoms with E-state index in [-0.39, 0.29) is 24.4 Å². The van der Waals surface area contributed by atoms with E-state index in [9.17, 15) is 4.79 Å². The lowest BCUT2D eigenvalue weighted by Gasteiger charge is -2.24. The number of aromatic nitrogens is 1. The van der Waals surface area contributed by atoms with Crippen molar-refractivity contribution in [1.29, 1.82) is 0 Å². The molecule has 3 rings (SSSR count). The summed E-state index contributed by atoms with van der Waals surface area (Å²) in [6, 6.07) is 0.536. The van der Waals surface area contributed by atoms with E-state index < -0.39 is 0 Å². The van der Waals surface area contributed by atoms with E-state index in [4.69, 9.17) is 0 Å². The Kier molecular flexibility index (Phi) is 5.41. The highest BCUT2D eigenvalue weighted by Crippen LogP contribution is 2.33. The number of hydrogen-bond donors (Lipinski definition) is 2. The molecule has 1 aromatic heterocycles. The van der Waals surface area contributed by atoms with E-state index in [0.29, 0.717) is 12.0 Å². The molecule has 0 bridgehead atoms. The molecule has 2 N–H and O–H groups in total. The maximum atomic E-state index is 12.2. The van der Waals surface area contributed by atoms with Gasteiger partial charge in [0.25, 0.3) is 0 Å². The average Bonchev–Trinajstić information content (AvgIpc) is 3.04. The molecule has 2 fully saturated rings. The normalized spacial score (nSPS) is 28.6.